The van der Waals surface area contributed by atoms with Gasteiger partial charge in [0.2, 0.25) is 0 Å². The number of halogens is 3. The first-order valence-corrected chi connectivity index (χ1v) is 7.53. The van der Waals surface area contributed by atoms with E-state index in [0.29, 0.717) is 20.1 Å². The quantitative estimate of drug-likeness (QED) is 0.783. The van der Waals surface area contributed by atoms with Crippen LogP contribution in [0.1, 0.15) is 28.9 Å². The third kappa shape index (κ3) is 3.75. The first-order chi connectivity index (χ1) is 9.47. The van der Waals surface area contributed by atoms with Crippen LogP contribution in [-0.4, -0.2) is 5.91 Å². The van der Waals surface area contributed by atoms with Crippen LogP contribution in [0.3, 0.4) is 0 Å². The fourth-order valence-corrected chi connectivity index (χ4v) is 2.47. The van der Waals surface area contributed by atoms with Crippen LogP contribution in [0.5, 0.6) is 0 Å². The number of nitrogens with one attached hydrogen (secondary N) is 1. The summed E-state index contributed by atoms with van der Waals surface area (Å²) in [7, 11) is 0. The van der Waals surface area contributed by atoms with Crippen molar-refractivity contribution in [3.05, 3.63) is 68.1 Å². The van der Waals surface area contributed by atoms with Gasteiger partial charge in [-0.1, -0.05) is 35.3 Å². The fourth-order valence-electron chi connectivity index (χ4n) is 1.78. The van der Waals surface area contributed by atoms with Gasteiger partial charge in [0, 0.05) is 15.1 Å². The molecule has 0 aliphatic carbocycles. The molecule has 0 bridgehead atoms. The Labute approximate surface area is 136 Å². The molecule has 104 valence electrons. The highest BCUT2D eigenvalue weighted by atomic mass is 79.9. The third-order valence-electron chi connectivity index (χ3n) is 2.88. The molecular formula is C15H12BrCl2NO. The van der Waals surface area contributed by atoms with Crippen LogP contribution in [0.2, 0.25) is 10.0 Å². The fraction of sp³-hybridized carbons (Fsp3) is 0.133. The van der Waals surface area contributed by atoms with E-state index in [1.165, 1.54) is 0 Å². The van der Waals surface area contributed by atoms with Gasteiger partial charge in [0.25, 0.3) is 5.91 Å². The highest BCUT2D eigenvalue weighted by Gasteiger charge is 2.12. The molecule has 2 rings (SSSR count). The van der Waals surface area contributed by atoms with Gasteiger partial charge in [-0.15, -0.1) is 0 Å². The number of benzene rings is 2. The minimum atomic E-state index is -0.158. The molecule has 1 amide bonds. The topological polar surface area (TPSA) is 29.1 Å². The Morgan fingerprint density at radius 3 is 2.60 bits per heavy atom. The van der Waals surface area contributed by atoms with Gasteiger partial charge >= 0.3 is 0 Å². The maximum atomic E-state index is 12.2. The third-order valence-corrected chi connectivity index (χ3v) is 4.33. The zero-order chi connectivity index (χ0) is 14.7. The van der Waals surface area contributed by atoms with Crippen molar-refractivity contribution < 1.29 is 4.79 Å². The molecule has 0 saturated carbocycles. The second-order valence-electron chi connectivity index (χ2n) is 4.38. The van der Waals surface area contributed by atoms with Crippen LogP contribution in [0.15, 0.2) is 46.9 Å². The van der Waals surface area contributed by atoms with E-state index in [2.05, 4.69) is 21.2 Å². The molecule has 5 heteroatoms. The van der Waals surface area contributed by atoms with Gasteiger partial charge < -0.3 is 5.32 Å². The summed E-state index contributed by atoms with van der Waals surface area (Å²) in [5, 5.41) is 4.15. The second kappa shape index (κ2) is 6.61. The molecule has 1 N–H and O–H groups in total. The van der Waals surface area contributed by atoms with Gasteiger partial charge in [0.05, 0.1) is 11.1 Å². The van der Waals surface area contributed by atoms with Gasteiger partial charge in [-0.05, 0) is 58.7 Å². The van der Waals surface area contributed by atoms with Crippen LogP contribution in [0, 0.1) is 0 Å². The van der Waals surface area contributed by atoms with Crippen molar-refractivity contribution in [2.45, 2.75) is 13.0 Å². The van der Waals surface area contributed by atoms with Crippen molar-refractivity contribution in [2.75, 3.05) is 0 Å². The monoisotopic (exact) mass is 371 g/mol. The zero-order valence-electron chi connectivity index (χ0n) is 10.7. The second-order valence-corrected chi connectivity index (χ2v) is 6.08. The van der Waals surface area contributed by atoms with E-state index in [4.69, 9.17) is 23.2 Å². The van der Waals surface area contributed by atoms with Gasteiger partial charge in [-0.25, -0.2) is 0 Å². The van der Waals surface area contributed by atoms with E-state index in [1.807, 2.05) is 25.1 Å². The highest BCUT2D eigenvalue weighted by molar-refractivity contribution is 9.10. The normalized spacial score (nSPS) is 12.0. The minimum absolute atomic E-state index is 0.129. The lowest BCUT2D eigenvalue weighted by atomic mass is 10.1. The zero-order valence-corrected chi connectivity index (χ0v) is 13.8. The van der Waals surface area contributed by atoms with Gasteiger partial charge in [0.15, 0.2) is 0 Å². The molecule has 2 aromatic carbocycles. The first-order valence-electron chi connectivity index (χ1n) is 5.99. The average molecular weight is 373 g/mol. The molecule has 2 nitrogen and oxygen atoms in total. The standard InChI is InChI=1S/C15H12BrCl2NO/c1-9(10-3-2-4-12(17)7-10)19-15(20)11-5-6-14(18)13(16)8-11/h2-9H,1H3,(H,19,20). The van der Waals surface area contributed by atoms with Gasteiger partial charge in [0.1, 0.15) is 0 Å². The van der Waals surface area contributed by atoms with Gasteiger partial charge in [-0.3, -0.25) is 4.79 Å². The Hall–Kier alpha value is -1.03. The summed E-state index contributed by atoms with van der Waals surface area (Å²) in [6.45, 7) is 1.91. The van der Waals surface area contributed by atoms with E-state index in [0.717, 1.165) is 5.56 Å². The Morgan fingerprint density at radius 2 is 1.95 bits per heavy atom. The van der Waals surface area contributed by atoms with Gasteiger partial charge in [-0.2, -0.15) is 0 Å². The summed E-state index contributed by atoms with van der Waals surface area (Å²) in [5.41, 5.74) is 1.51. The maximum Gasteiger partial charge on any atom is 0.251 e. The molecule has 0 aliphatic heterocycles. The molecule has 0 aromatic heterocycles. The summed E-state index contributed by atoms with van der Waals surface area (Å²) in [6, 6.07) is 12.4. The summed E-state index contributed by atoms with van der Waals surface area (Å²) in [4.78, 5) is 12.2. The largest absolute Gasteiger partial charge is 0.346 e. The van der Waals surface area contributed by atoms with Crippen LogP contribution in [0.25, 0.3) is 0 Å². The SMILES string of the molecule is CC(NC(=O)c1ccc(Cl)c(Br)c1)c1cccc(Cl)c1. The van der Waals surface area contributed by atoms with Crippen molar-refractivity contribution in [3.63, 3.8) is 0 Å². The molecule has 2 aromatic rings. The molecule has 20 heavy (non-hydrogen) atoms. The Morgan fingerprint density at radius 1 is 1.20 bits per heavy atom. The van der Waals surface area contributed by atoms with Crippen molar-refractivity contribution >= 4 is 45.0 Å². The average Bonchev–Trinajstić information content (AvgIpc) is 2.41. The van der Waals surface area contributed by atoms with Crippen molar-refractivity contribution in [1.29, 1.82) is 0 Å². The lowest BCUT2D eigenvalue weighted by molar-refractivity contribution is 0.0940. The molecule has 0 radical (unpaired) electrons. The lowest BCUT2D eigenvalue weighted by Crippen LogP contribution is -2.26. The predicted molar refractivity (Wildman–Crippen MR) is 86.5 cm³/mol. The van der Waals surface area contributed by atoms with Crippen LogP contribution in [-0.2, 0) is 0 Å². The molecule has 1 atom stereocenters. The van der Waals surface area contributed by atoms with Crippen molar-refractivity contribution in [2.24, 2.45) is 0 Å². The smallest absolute Gasteiger partial charge is 0.251 e. The van der Waals surface area contributed by atoms with Crippen LogP contribution in [0.4, 0.5) is 0 Å². The number of rotatable bonds is 3. The Bertz CT molecular complexity index is 646. The molecule has 0 fully saturated rings. The Kier molecular flexibility index (Phi) is 5.08. The Balaban J connectivity index is 2.13. The van der Waals surface area contributed by atoms with E-state index < -0.39 is 0 Å². The van der Waals surface area contributed by atoms with Crippen molar-refractivity contribution in [1.82, 2.24) is 5.32 Å². The highest BCUT2D eigenvalue weighted by Crippen LogP contribution is 2.24. The number of carbonyl (C=O) groups excluding carboxylic acids is 1. The van der Waals surface area contributed by atoms with E-state index in [-0.39, 0.29) is 11.9 Å². The first kappa shape index (κ1) is 15.4. The van der Waals surface area contributed by atoms with E-state index in [1.54, 1.807) is 24.3 Å². The predicted octanol–water partition coefficient (Wildman–Crippen LogP) is 5.25. The number of hydrogen-bond donors (Lipinski definition) is 1. The number of amides is 1. The number of hydrogen-bond acceptors (Lipinski definition) is 1. The van der Waals surface area contributed by atoms with Crippen LogP contribution < -0.4 is 5.32 Å². The molecule has 0 saturated heterocycles. The molecule has 0 spiro atoms. The minimum Gasteiger partial charge on any atom is -0.346 e. The van der Waals surface area contributed by atoms with Crippen LogP contribution >= 0.6 is 39.1 Å². The maximum absolute atomic E-state index is 12.2. The van der Waals surface area contributed by atoms with Crippen molar-refractivity contribution in [3.8, 4) is 0 Å². The molecule has 0 heterocycles. The van der Waals surface area contributed by atoms with E-state index in [9.17, 15) is 4.79 Å². The summed E-state index contributed by atoms with van der Waals surface area (Å²) >= 11 is 15.2. The summed E-state index contributed by atoms with van der Waals surface area (Å²) in [5.74, 6) is -0.158. The summed E-state index contributed by atoms with van der Waals surface area (Å²) < 4.78 is 0.697. The van der Waals surface area contributed by atoms with E-state index >= 15 is 0 Å². The number of carbonyl (C=O) groups is 1. The molecular weight excluding hydrogens is 361 g/mol. The molecule has 1 unspecified atom stereocenters. The lowest BCUT2D eigenvalue weighted by Gasteiger charge is -2.15. The molecule has 0 aliphatic rings. The summed E-state index contributed by atoms with van der Waals surface area (Å²) in [6.07, 6.45) is 0.